The zero-order valence-electron chi connectivity index (χ0n) is 14.4. The number of likely N-dealkylation sites (tertiary alicyclic amines) is 1. The second-order valence-corrected chi connectivity index (χ2v) is 7.41. The van der Waals surface area contributed by atoms with Gasteiger partial charge in [0.25, 0.3) is 0 Å². The van der Waals surface area contributed by atoms with E-state index in [1.165, 1.54) is 6.42 Å². The maximum absolute atomic E-state index is 12.2. The Kier molecular flexibility index (Phi) is 5.87. The van der Waals surface area contributed by atoms with Crippen LogP contribution >= 0.6 is 11.6 Å². The summed E-state index contributed by atoms with van der Waals surface area (Å²) in [5, 5.41) is 3.53. The SMILES string of the molecule is Cc1cnc(OCC(C)(C)NC(=O)CC2CCCN2C)c(Cl)c1. The zero-order chi connectivity index (χ0) is 17.0. The van der Waals surface area contributed by atoms with Crippen LogP contribution in [0.25, 0.3) is 0 Å². The van der Waals surface area contributed by atoms with E-state index in [9.17, 15) is 4.79 Å². The topological polar surface area (TPSA) is 54.5 Å². The summed E-state index contributed by atoms with van der Waals surface area (Å²) in [4.78, 5) is 18.7. The molecule has 0 radical (unpaired) electrons. The summed E-state index contributed by atoms with van der Waals surface area (Å²) in [6, 6.07) is 2.16. The van der Waals surface area contributed by atoms with E-state index in [1.54, 1.807) is 6.20 Å². The lowest BCUT2D eigenvalue weighted by Crippen LogP contribution is -2.49. The first-order chi connectivity index (χ1) is 10.8. The molecule has 1 aromatic rings. The van der Waals surface area contributed by atoms with Crippen LogP contribution in [-0.2, 0) is 4.79 Å². The number of pyridine rings is 1. The van der Waals surface area contributed by atoms with Gasteiger partial charge in [0, 0.05) is 18.7 Å². The molecule has 1 saturated heterocycles. The predicted octanol–water partition coefficient (Wildman–Crippen LogP) is 2.80. The maximum Gasteiger partial charge on any atom is 0.232 e. The molecule has 2 heterocycles. The second kappa shape index (κ2) is 7.49. The monoisotopic (exact) mass is 339 g/mol. The van der Waals surface area contributed by atoms with Crippen LogP contribution in [0.3, 0.4) is 0 Å². The van der Waals surface area contributed by atoms with Crippen molar-refractivity contribution < 1.29 is 9.53 Å². The molecule has 128 valence electrons. The molecule has 1 amide bonds. The molecule has 5 nitrogen and oxygen atoms in total. The zero-order valence-corrected chi connectivity index (χ0v) is 15.1. The third-order valence-electron chi connectivity index (χ3n) is 4.08. The first-order valence-electron chi connectivity index (χ1n) is 8.03. The summed E-state index contributed by atoms with van der Waals surface area (Å²) in [5.74, 6) is 0.454. The number of carbonyl (C=O) groups is 1. The van der Waals surface area contributed by atoms with Gasteiger partial charge in [-0.2, -0.15) is 0 Å². The fraction of sp³-hybridized carbons (Fsp3) is 0.647. The number of nitrogens with zero attached hydrogens (tertiary/aromatic N) is 2. The van der Waals surface area contributed by atoms with Gasteiger partial charge in [0.1, 0.15) is 11.6 Å². The highest BCUT2D eigenvalue weighted by Crippen LogP contribution is 2.23. The Hall–Kier alpha value is -1.33. The molecule has 1 aliphatic heterocycles. The lowest BCUT2D eigenvalue weighted by molar-refractivity contribution is -0.124. The van der Waals surface area contributed by atoms with Gasteiger partial charge in [0.15, 0.2) is 0 Å². The highest BCUT2D eigenvalue weighted by atomic mass is 35.5. The minimum atomic E-state index is -0.482. The molecule has 0 saturated carbocycles. The van der Waals surface area contributed by atoms with Crippen LogP contribution in [0.1, 0.15) is 38.7 Å². The molecule has 0 spiro atoms. The van der Waals surface area contributed by atoms with Gasteiger partial charge in [-0.25, -0.2) is 4.98 Å². The minimum absolute atomic E-state index is 0.0558. The molecule has 0 aromatic carbocycles. The Morgan fingerprint density at radius 3 is 2.91 bits per heavy atom. The van der Waals surface area contributed by atoms with Gasteiger partial charge in [0.2, 0.25) is 11.8 Å². The Bertz CT molecular complexity index is 563. The number of nitrogens with one attached hydrogen (secondary N) is 1. The van der Waals surface area contributed by atoms with Crippen molar-refractivity contribution in [1.29, 1.82) is 0 Å². The summed E-state index contributed by atoms with van der Waals surface area (Å²) < 4.78 is 5.68. The quantitative estimate of drug-likeness (QED) is 0.866. The lowest BCUT2D eigenvalue weighted by atomic mass is 10.1. The van der Waals surface area contributed by atoms with E-state index >= 15 is 0 Å². The van der Waals surface area contributed by atoms with Crippen LogP contribution in [0.5, 0.6) is 5.88 Å². The van der Waals surface area contributed by atoms with Crippen molar-refractivity contribution in [3.8, 4) is 5.88 Å². The predicted molar refractivity (Wildman–Crippen MR) is 92.0 cm³/mol. The molecule has 23 heavy (non-hydrogen) atoms. The average molecular weight is 340 g/mol. The van der Waals surface area contributed by atoms with E-state index in [1.807, 2.05) is 26.8 Å². The van der Waals surface area contributed by atoms with E-state index in [-0.39, 0.29) is 5.91 Å². The van der Waals surface area contributed by atoms with Gasteiger partial charge in [-0.15, -0.1) is 0 Å². The van der Waals surface area contributed by atoms with Gasteiger partial charge < -0.3 is 15.0 Å². The number of hydrogen-bond donors (Lipinski definition) is 1. The molecule has 0 bridgehead atoms. The van der Waals surface area contributed by atoms with Crippen LogP contribution < -0.4 is 10.1 Å². The first-order valence-corrected chi connectivity index (χ1v) is 8.41. The van der Waals surface area contributed by atoms with Crippen LogP contribution in [0.2, 0.25) is 5.02 Å². The fourth-order valence-electron chi connectivity index (χ4n) is 2.79. The van der Waals surface area contributed by atoms with E-state index < -0.39 is 5.54 Å². The summed E-state index contributed by atoms with van der Waals surface area (Å²) in [5.41, 5.74) is 0.500. The summed E-state index contributed by atoms with van der Waals surface area (Å²) in [6.07, 6.45) is 4.49. The molecule has 6 heteroatoms. The third-order valence-corrected chi connectivity index (χ3v) is 4.35. The molecule has 2 rings (SSSR count). The highest BCUT2D eigenvalue weighted by molar-refractivity contribution is 6.31. The average Bonchev–Trinajstić information content (AvgIpc) is 2.82. The normalized spacial score (nSPS) is 18.9. The fourth-order valence-corrected chi connectivity index (χ4v) is 3.07. The Morgan fingerprint density at radius 1 is 1.57 bits per heavy atom. The van der Waals surface area contributed by atoms with Crippen molar-refractivity contribution in [1.82, 2.24) is 15.2 Å². The number of ether oxygens (including phenoxy) is 1. The molecule has 1 N–H and O–H groups in total. The third kappa shape index (κ3) is 5.36. The lowest BCUT2D eigenvalue weighted by Gasteiger charge is -2.28. The van der Waals surface area contributed by atoms with Gasteiger partial charge in [-0.1, -0.05) is 11.6 Å². The van der Waals surface area contributed by atoms with Crippen molar-refractivity contribution in [3.63, 3.8) is 0 Å². The highest BCUT2D eigenvalue weighted by Gasteiger charge is 2.27. The van der Waals surface area contributed by atoms with Crippen molar-refractivity contribution in [2.45, 2.75) is 51.6 Å². The van der Waals surface area contributed by atoms with Gasteiger partial charge >= 0.3 is 0 Å². The number of halogens is 1. The number of aromatic nitrogens is 1. The molecule has 1 atom stereocenters. The van der Waals surface area contributed by atoms with Crippen LogP contribution in [0, 0.1) is 6.92 Å². The Balaban J connectivity index is 1.84. The molecular weight excluding hydrogens is 314 g/mol. The van der Waals surface area contributed by atoms with Crippen molar-refractivity contribution in [2.75, 3.05) is 20.2 Å². The summed E-state index contributed by atoms with van der Waals surface area (Å²) in [6.45, 7) is 7.18. The smallest absolute Gasteiger partial charge is 0.232 e. The Labute approximate surface area is 143 Å². The molecule has 1 unspecified atom stereocenters. The standard InChI is InChI=1S/C17H26ClN3O2/c1-12-8-14(18)16(19-10-12)23-11-17(2,3)20-15(22)9-13-6-5-7-21(13)4/h8,10,13H,5-7,9,11H2,1-4H3,(H,20,22). The van der Waals surface area contributed by atoms with E-state index in [4.69, 9.17) is 16.3 Å². The number of aryl methyl sites for hydroxylation is 1. The van der Waals surface area contributed by atoms with Gasteiger partial charge in [0.05, 0.1) is 5.54 Å². The van der Waals surface area contributed by atoms with Crippen LogP contribution in [0.15, 0.2) is 12.3 Å². The first kappa shape index (κ1) is 18.0. The second-order valence-electron chi connectivity index (χ2n) is 7.00. The van der Waals surface area contributed by atoms with Crippen molar-refractivity contribution >= 4 is 17.5 Å². The molecule has 1 fully saturated rings. The number of carbonyl (C=O) groups excluding carboxylic acids is 1. The van der Waals surface area contributed by atoms with E-state index in [0.29, 0.717) is 30.0 Å². The van der Waals surface area contributed by atoms with Gasteiger partial charge in [-0.05, 0) is 58.8 Å². The van der Waals surface area contributed by atoms with Crippen molar-refractivity contribution in [3.05, 3.63) is 22.8 Å². The Morgan fingerprint density at radius 2 is 2.30 bits per heavy atom. The molecule has 1 aliphatic rings. The van der Waals surface area contributed by atoms with Crippen LogP contribution in [-0.4, -0.2) is 47.6 Å². The summed E-state index contributed by atoms with van der Waals surface area (Å²) >= 11 is 6.11. The molecular formula is C17H26ClN3O2. The van der Waals surface area contributed by atoms with Crippen LogP contribution in [0.4, 0.5) is 0 Å². The molecule has 0 aliphatic carbocycles. The van der Waals surface area contributed by atoms with E-state index in [2.05, 4.69) is 22.2 Å². The maximum atomic E-state index is 12.2. The summed E-state index contributed by atoms with van der Waals surface area (Å²) in [7, 11) is 2.07. The largest absolute Gasteiger partial charge is 0.474 e. The number of amides is 1. The number of rotatable bonds is 6. The molecule has 1 aromatic heterocycles. The van der Waals surface area contributed by atoms with Crippen molar-refractivity contribution in [2.24, 2.45) is 0 Å². The van der Waals surface area contributed by atoms with Gasteiger partial charge in [-0.3, -0.25) is 4.79 Å². The van der Waals surface area contributed by atoms with E-state index in [0.717, 1.165) is 18.5 Å². The minimum Gasteiger partial charge on any atom is -0.474 e. The number of hydrogen-bond acceptors (Lipinski definition) is 4.